The van der Waals surface area contributed by atoms with E-state index in [1.54, 1.807) is 24.3 Å². The Kier molecular flexibility index (Phi) is 3.44. The number of aliphatic hydroxyl groups is 1. The van der Waals surface area contributed by atoms with Gasteiger partial charge in [-0.3, -0.25) is 0 Å². The van der Waals surface area contributed by atoms with Gasteiger partial charge in [0.1, 0.15) is 5.15 Å². The Labute approximate surface area is 103 Å². The topological polar surface area (TPSA) is 33.1 Å². The van der Waals surface area contributed by atoms with E-state index in [4.69, 9.17) is 23.2 Å². The molecule has 0 aliphatic heterocycles. The second kappa shape index (κ2) is 4.83. The molecule has 0 saturated carbocycles. The summed E-state index contributed by atoms with van der Waals surface area (Å²) in [7, 11) is 0. The van der Waals surface area contributed by atoms with Crippen LogP contribution in [0, 0.1) is 0 Å². The molecule has 16 heavy (non-hydrogen) atoms. The Morgan fingerprint density at radius 1 is 1.00 bits per heavy atom. The molecule has 0 fully saturated rings. The fraction of sp³-hybridized carbons (Fsp3) is 0.0833. The van der Waals surface area contributed by atoms with E-state index in [-0.39, 0.29) is 6.61 Å². The molecular weight excluding hydrogens is 245 g/mol. The standard InChI is InChI=1S/C12H9Cl2NO/c13-10-4-1-8(2-5-10)12-9(7-16)3-6-11(14)15-12/h1-6,16H,7H2. The van der Waals surface area contributed by atoms with Gasteiger partial charge in [-0.2, -0.15) is 0 Å². The molecule has 0 unspecified atom stereocenters. The number of hydrogen-bond donors (Lipinski definition) is 1. The number of aromatic nitrogens is 1. The summed E-state index contributed by atoms with van der Waals surface area (Å²) in [6, 6.07) is 10.7. The van der Waals surface area contributed by atoms with Crippen LogP contribution < -0.4 is 0 Å². The molecule has 0 spiro atoms. The molecule has 4 heteroatoms. The molecule has 2 rings (SSSR count). The number of aliphatic hydroxyl groups excluding tert-OH is 1. The third kappa shape index (κ3) is 2.35. The largest absolute Gasteiger partial charge is 0.392 e. The first-order valence-electron chi connectivity index (χ1n) is 4.73. The van der Waals surface area contributed by atoms with Gasteiger partial charge in [0, 0.05) is 16.1 Å². The minimum Gasteiger partial charge on any atom is -0.392 e. The van der Waals surface area contributed by atoms with E-state index >= 15 is 0 Å². The van der Waals surface area contributed by atoms with E-state index in [1.807, 2.05) is 12.1 Å². The predicted octanol–water partition coefficient (Wildman–Crippen LogP) is 3.55. The van der Waals surface area contributed by atoms with Crippen LogP contribution in [0.15, 0.2) is 36.4 Å². The third-order valence-corrected chi connectivity index (χ3v) is 2.70. The molecule has 0 bridgehead atoms. The average molecular weight is 254 g/mol. The van der Waals surface area contributed by atoms with Gasteiger partial charge in [0.25, 0.3) is 0 Å². The van der Waals surface area contributed by atoms with Gasteiger partial charge in [-0.05, 0) is 18.2 Å². The Morgan fingerprint density at radius 3 is 2.31 bits per heavy atom. The van der Waals surface area contributed by atoms with Crippen molar-refractivity contribution >= 4 is 23.2 Å². The van der Waals surface area contributed by atoms with E-state index < -0.39 is 0 Å². The summed E-state index contributed by atoms with van der Waals surface area (Å²) in [6.45, 7) is -0.0673. The highest BCUT2D eigenvalue weighted by Gasteiger charge is 2.06. The summed E-state index contributed by atoms with van der Waals surface area (Å²) in [5.41, 5.74) is 2.31. The highest BCUT2D eigenvalue weighted by atomic mass is 35.5. The number of nitrogens with zero attached hydrogens (tertiary/aromatic N) is 1. The van der Waals surface area contributed by atoms with Gasteiger partial charge in [-0.25, -0.2) is 4.98 Å². The van der Waals surface area contributed by atoms with Gasteiger partial charge in [-0.1, -0.05) is 41.4 Å². The monoisotopic (exact) mass is 253 g/mol. The first-order chi connectivity index (χ1) is 7.70. The van der Waals surface area contributed by atoms with Crippen LogP contribution in [0.25, 0.3) is 11.3 Å². The zero-order valence-electron chi connectivity index (χ0n) is 8.32. The molecule has 0 radical (unpaired) electrons. The molecule has 0 aliphatic carbocycles. The molecule has 2 aromatic rings. The first kappa shape index (κ1) is 11.4. The minimum absolute atomic E-state index is 0.0673. The quantitative estimate of drug-likeness (QED) is 0.831. The lowest BCUT2D eigenvalue weighted by molar-refractivity contribution is 0.282. The SMILES string of the molecule is OCc1ccc(Cl)nc1-c1ccc(Cl)cc1. The molecule has 1 aromatic carbocycles. The average Bonchev–Trinajstić information content (AvgIpc) is 2.30. The zero-order chi connectivity index (χ0) is 11.5. The van der Waals surface area contributed by atoms with Crippen LogP contribution in [-0.4, -0.2) is 10.1 Å². The smallest absolute Gasteiger partial charge is 0.129 e. The highest BCUT2D eigenvalue weighted by Crippen LogP contribution is 2.25. The number of halogens is 2. The van der Waals surface area contributed by atoms with Crippen molar-refractivity contribution < 1.29 is 5.11 Å². The molecule has 0 atom stereocenters. The third-order valence-electron chi connectivity index (χ3n) is 2.23. The second-order valence-electron chi connectivity index (χ2n) is 3.31. The molecule has 1 heterocycles. The van der Waals surface area contributed by atoms with Crippen molar-refractivity contribution in [3.05, 3.63) is 52.1 Å². The van der Waals surface area contributed by atoms with Crippen molar-refractivity contribution in [1.82, 2.24) is 4.98 Å². The van der Waals surface area contributed by atoms with Crippen LogP contribution in [-0.2, 0) is 6.61 Å². The first-order valence-corrected chi connectivity index (χ1v) is 5.48. The maximum atomic E-state index is 9.22. The number of benzene rings is 1. The molecule has 0 saturated heterocycles. The van der Waals surface area contributed by atoms with Crippen molar-refractivity contribution in [2.75, 3.05) is 0 Å². The van der Waals surface area contributed by atoms with Crippen molar-refractivity contribution in [3.8, 4) is 11.3 Å². The lowest BCUT2D eigenvalue weighted by atomic mass is 10.1. The summed E-state index contributed by atoms with van der Waals surface area (Å²) in [5, 5.41) is 10.3. The Balaban J connectivity index is 2.53. The van der Waals surface area contributed by atoms with Gasteiger partial charge < -0.3 is 5.11 Å². The summed E-state index contributed by atoms with van der Waals surface area (Å²) in [6.07, 6.45) is 0. The van der Waals surface area contributed by atoms with E-state index in [9.17, 15) is 5.11 Å². The van der Waals surface area contributed by atoms with Gasteiger partial charge in [0.15, 0.2) is 0 Å². The summed E-state index contributed by atoms with van der Waals surface area (Å²) >= 11 is 11.6. The van der Waals surface area contributed by atoms with Crippen LogP contribution in [0.2, 0.25) is 10.2 Å². The number of hydrogen-bond acceptors (Lipinski definition) is 2. The summed E-state index contributed by atoms with van der Waals surface area (Å²) < 4.78 is 0. The molecule has 82 valence electrons. The molecule has 0 aliphatic rings. The van der Waals surface area contributed by atoms with Gasteiger partial charge >= 0.3 is 0 Å². The van der Waals surface area contributed by atoms with E-state index in [0.29, 0.717) is 15.9 Å². The second-order valence-corrected chi connectivity index (χ2v) is 4.13. The predicted molar refractivity (Wildman–Crippen MR) is 65.6 cm³/mol. The van der Waals surface area contributed by atoms with Crippen LogP contribution in [0.5, 0.6) is 0 Å². The van der Waals surface area contributed by atoms with E-state index in [1.165, 1.54) is 0 Å². The Hall–Kier alpha value is -1.09. The molecule has 2 nitrogen and oxygen atoms in total. The summed E-state index contributed by atoms with van der Waals surface area (Å²) in [5.74, 6) is 0. The minimum atomic E-state index is -0.0673. The van der Waals surface area contributed by atoms with Crippen molar-refractivity contribution in [1.29, 1.82) is 0 Å². The fourth-order valence-electron chi connectivity index (χ4n) is 1.45. The molecule has 1 N–H and O–H groups in total. The van der Waals surface area contributed by atoms with Crippen LogP contribution in [0.3, 0.4) is 0 Å². The van der Waals surface area contributed by atoms with Crippen molar-refractivity contribution in [2.24, 2.45) is 0 Å². The number of rotatable bonds is 2. The fourth-order valence-corrected chi connectivity index (χ4v) is 1.72. The van der Waals surface area contributed by atoms with Gasteiger partial charge in [0.2, 0.25) is 0 Å². The molecule has 0 amide bonds. The maximum Gasteiger partial charge on any atom is 0.129 e. The molecule has 1 aromatic heterocycles. The zero-order valence-corrected chi connectivity index (χ0v) is 9.83. The Morgan fingerprint density at radius 2 is 1.69 bits per heavy atom. The van der Waals surface area contributed by atoms with E-state index in [0.717, 1.165) is 11.1 Å². The van der Waals surface area contributed by atoms with Crippen molar-refractivity contribution in [3.63, 3.8) is 0 Å². The lowest BCUT2D eigenvalue weighted by Gasteiger charge is -2.07. The number of pyridine rings is 1. The lowest BCUT2D eigenvalue weighted by Crippen LogP contribution is -1.93. The van der Waals surface area contributed by atoms with Crippen LogP contribution >= 0.6 is 23.2 Å². The van der Waals surface area contributed by atoms with Crippen molar-refractivity contribution in [2.45, 2.75) is 6.61 Å². The van der Waals surface area contributed by atoms with Crippen LogP contribution in [0.1, 0.15) is 5.56 Å². The Bertz CT molecular complexity index is 497. The van der Waals surface area contributed by atoms with E-state index in [2.05, 4.69) is 4.98 Å². The highest BCUT2D eigenvalue weighted by molar-refractivity contribution is 6.30. The normalized spacial score (nSPS) is 10.4. The maximum absolute atomic E-state index is 9.22. The van der Waals surface area contributed by atoms with Crippen LogP contribution in [0.4, 0.5) is 0 Å². The van der Waals surface area contributed by atoms with Gasteiger partial charge in [-0.15, -0.1) is 0 Å². The van der Waals surface area contributed by atoms with Gasteiger partial charge in [0.05, 0.1) is 12.3 Å². The summed E-state index contributed by atoms with van der Waals surface area (Å²) in [4.78, 5) is 4.21. The molecular formula is C12H9Cl2NO.